The molecule has 4 N–H and O–H groups in total. The number of carbonyl (C=O) groups is 2. The van der Waals surface area contributed by atoms with Crippen molar-refractivity contribution in [1.29, 1.82) is 5.26 Å². The van der Waals surface area contributed by atoms with Gasteiger partial charge in [0.15, 0.2) is 5.82 Å². The zero-order chi connectivity index (χ0) is 31.0. The molecule has 0 aliphatic carbocycles. The average molecular weight is 621 g/mol. The van der Waals surface area contributed by atoms with Gasteiger partial charge in [-0.15, -0.1) is 5.10 Å². The highest BCUT2D eigenvalue weighted by Gasteiger charge is 2.34. The van der Waals surface area contributed by atoms with E-state index in [2.05, 4.69) is 36.2 Å². The van der Waals surface area contributed by atoms with Crippen LogP contribution >= 0.6 is 23.4 Å². The van der Waals surface area contributed by atoms with Crippen molar-refractivity contribution in [3.05, 3.63) is 69.6 Å². The summed E-state index contributed by atoms with van der Waals surface area (Å²) in [6.07, 6.45) is -1.55. The summed E-state index contributed by atoms with van der Waals surface area (Å²) in [6, 6.07) is 9.08. The van der Waals surface area contributed by atoms with E-state index in [1.54, 1.807) is 24.8 Å². The zero-order valence-corrected chi connectivity index (χ0v) is 24.0. The fourth-order valence-electron chi connectivity index (χ4n) is 3.57. The smallest absolute Gasteiger partial charge is 0.378 e. The molecule has 0 fully saturated rings. The molecule has 12 nitrogen and oxygen atoms in total. The van der Waals surface area contributed by atoms with Crippen LogP contribution in [0.5, 0.6) is 0 Å². The van der Waals surface area contributed by atoms with E-state index in [0.717, 1.165) is 4.68 Å². The average Bonchev–Trinajstić information content (AvgIpc) is 3.35. The summed E-state index contributed by atoms with van der Waals surface area (Å²) in [6.45, 7) is 3.08. The summed E-state index contributed by atoms with van der Waals surface area (Å²) in [7, 11) is 0. The van der Waals surface area contributed by atoms with Crippen LogP contribution < -0.4 is 16.4 Å². The number of thioether (sulfide) groups is 1. The zero-order valence-electron chi connectivity index (χ0n) is 22.4. The number of anilines is 1. The molecule has 2 amide bonds. The molecule has 1 atom stereocenters. The first-order valence-corrected chi connectivity index (χ1v) is 13.8. The highest BCUT2D eigenvalue weighted by molar-refractivity contribution is 7.98. The van der Waals surface area contributed by atoms with E-state index in [-0.39, 0.29) is 51.6 Å². The first kappa shape index (κ1) is 32.0. The summed E-state index contributed by atoms with van der Waals surface area (Å²) in [5, 5.41) is 28.8. The Morgan fingerprint density at radius 3 is 2.67 bits per heavy atom. The number of nitrogens with one attached hydrogen (secondary N) is 2. The van der Waals surface area contributed by atoms with Crippen LogP contribution in [0.4, 0.5) is 18.9 Å². The number of rotatable bonds is 10. The van der Waals surface area contributed by atoms with Gasteiger partial charge in [-0.2, -0.15) is 40.4 Å². The minimum absolute atomic E-state index is 0.0731. The van der Waals surface area contributed by atoms with Gasteiger partial charge in [-0.25, -0.2) is 9.67 Å². The molecule has 0 bridgehead atoms. The van der Waals surface area contributed by atoms with Crippen molar-refractivity contribution in [2.24, 2.45) is 21.2 Å². The second kappa shape index (κ2) is 13.9. The molecule has 1 aromatic carbocycles. The maximum absolute atomic E-state index is 13.6. The molecule has 42 heavy (non-hydrogen) atoms. The molecule has 0 unspecified atom stereocenters. The minimum Gasteiger partial charge on any atom is -0.378 e. The van der Waals surface area contributed by atoms with E-state index in [0.29, 0.717) is 11.3 Å². The molecule has 17 heteroatoms. The van der Waals surface area contributed by atoms with E-state index < -0.39 is 23.8 Å². The highest BCUT2D eigenvalue weighted by atomic mass is 35.5. The number of hydrogen-bond acceptors (Lipinski definition) is 8. The van der Waals surface area contributed by atoms with Crippen molar-refractivity contribution in [2.75, 3.05) is 17.3 Å². The Morgan fingerprint density at radius 1 is 1.29 bits per heavy atom. The Kier molecular flexibility index (Phi) is 10.6. The van der Waals surface area contributed by atoms with Crippen LogP contribution in [-0.4, -0.2) is 56.6 Å². The summed E-state index contributed by atoms with van der Waals surface area (Å²) < 4.78 is 38.7. The number of halogens is 4. The first-order valence-electron chi connectivity index (χ1n) is 12.0. The Balaban J connectivity index is 2.01. The second-order valence-electron chi connectivity index (χ2n) is 8.73. The van der Waals surface area contributed by atoms with Crippen molar-refractivity contribution in [2.45, 2.75) is 32.6 Å². The maximum Gasteiger partial charge on any atom is 0.450 e. The van der Waals surface area contributed by atoms with Gasteiger partial charge in [-0.3, -0.25) is 9.59 Å². The topological polar surface area (TPSA) is 176 Å². The van der Waals surface area contributed by atoms with E-state index in [4.69, 9.17) is 17.3 Å². The molecule has 0 saturated carbocycles. The fraction of sp³-hybridized carbons (Fsp3) is 0.280. The SMILES string of the molecule is CSC[C@H](C)NC(=O)c1cc(C#N)cc(C)c1NC(=O)c1cc(CN=NN=C(N)C(F)(F)F)nn1-c1ncccc1Cl. The molecular formula is C25H24ClF3N10O2S. The monoisotopic (exact) mass is 620 g/mol. The number of nitrogens with zero attached hydrogens (tertiary/aromatic N) is 7. The molecule has 0 radical (unpaired) electrons. The summed E-state index contributed by atoms with van der Waals surface area (Å²) in [5.41, 5.74) is 5.71. The molecule has 0 spiro atoms. The molecule has 0 aliphatic heterocycles. The van der Waals surface area contributed by atoms with E-state index in [9.17, 15) is 28.0 Å². The number of amides is 2. The van der Waals surface area contributed by atoms with Crippen LogP contribution in [0.1, 0.15) is 44.6 Å². The molecule has 3 aromatic rings. The van der Waals surface area contributed by atoms with Crippen LogP contribution in [0.3, 0.4) is 0 Å². The number of nitrogens with two attached hydrogens (primary N) is 1. The van der Waals surface area contributed by atoms with Gasteiger partial charge in [0.1, 0.15) is 12.2 Å². The van der Waals surface area contributed by atoms with Gasteiger partial charge in [0.2, 0.25) is 5.84 Å². The number of benzene rings is 1. The Morgan fingerprint density at radius 2 is 2.02 bits per heavy atom. The largest absolute Gasteiger partial charge is 0.450 e. The minimum atomic E-state index is -4.87. The van der Waals surface area contributed by atoms with Crippen molar-refractivity contribution < 1.29 is 22.8 Å². The molecule has 220 valence electrons. The van der Waals surface area contributed by atoms with E-state index in [1.807, 2.05) is 19.2 Å². The van der Waals surface area contributed by atoms with Crippen LogP contribution in [0, 0.1) is 18.3 Å². The van der Waals surface area contributed by atoms with Gasteiger partial charge in [0.05, 0.1) is 33.6 Å². The number of alkyl halides is 3. The molecular weight excluding hydrogens is 597 g/mol. The molecule has 2 heterocycles. The first-order chi connectivity index (χ1) is 19.8. The lowest BCUT2D eigenvalue weighted by atomic mass is 10.0. The third-order valence-electron chi connectivity index (χ3n) is 5.41. The molecule has 0 saturated heterocycles. The van der Waals surface area contributed by atoms with Crippen LogP contribution in [0.2, 0.25) is 5.02 Å². The number of amidine groups is 1. The number of aromatic nitrogens is 3. The summed E-state index contributed by atoms with van der Waals surface area (Å²) >= 11 is 7.83. The third kappa shape index (κ3) is 8.04. The van der Waals surface area contributed by atoms with Gasteiger partial charge >= 0.3 is 6.18 Å². The maximum atomic E-state index is 13.6. The van der Waals surface area contributed by atoms with Crippen LogP contribution in [0.15, 0.2) is 52.0 Å². The second-order valence-corrected chi connectivity index (χ2v) is 10.0. The van der Waals surface area contributed by atoms with Crippen LogP contribution in [0.25, 0.3) is 5.82 Å². The lowest BCUT2D eigenvalue weighted by Gasteiger charge is -2.17. The number of pyridine rings is 1. The number of nitriles is 1. The van der Waals surface area contributed by atoms with Crippen molar-refractivity contribution in [3.63, 3.8) is 0 Å². The normalized spacial score (nSPS) is 12.7. The van der Waals surface area contributed by atoms with Gasteiger partial charge in [0.25, 0.3) is 11.8 Å². The predicted octanol–water partition coefficient (Wildman–Crippen LogP) is 4.62. The molecule has 2 aromatic heterocycles. The summed E-state index contributed by atoms with van der Waals surface area (Å²) in [5.74, 6) is -2.19. The highest BCUT2D eigenvalue weighted by Crippen LogP contribution is 2.26. The number of hydrogen-bond donors (Lipinski definition) is 3. The van der Waals surface area contributed by atoms with E-state index >= 15 is 0 Å². The van der Waals surface area contributed by atoms with Gasteiger partial charge < -0.3 is 16.4 Å². The fourth-order valence-corrected chi connectivity index (χ4v) is 4.36. The van der Waals surface area contributed by atoms with Crippen molar-refractivity contribution in [1.82, 2.24) is 20.1 Å². The van der Waals surface area contributed by atoms with Gasteiger partial charge in [0, 0.05) is 18.0 Å². The Hall–Kier alpha value is -4.49. The Labute approximate surface area is 247 Å². The van der Waals surface area contributed by atoms with Crippen molar-refractivity contribution in [3.8, 4) is 11.9 Å². The number of carbonyl (C=O) groups excluding carboxylic acids is 2. The molecule has 0 aliphatic rings. The Bertz CT molecular complexity index is 1580. The predicted molar refractivity (Wildman–Crippen MR) is 152 cm³/mol. The lowest BCUT2D eigenvalue weighted by molar-refractivity contribution is -0.0600. The van der Waals surface area contributed by atoms with Crippen molar-refractivity contribution >= 4 is 46.7 Å². The number of aryl methyl sites for hydroxylation is 1. The third-order valence-corrected chi connectivity index (χ3v) is 6.54. The van der Waals surface area contributed by atoms with Gasteiger partial charge in [-0.05, 0) is 61.2 Å². The van der Waals surface area contributed by atoms with Gasteiger partial charge in [-0.1, -0.05) is 11.6 Å². The quantitative estimate of drug-likeness (QED) is 0.128. The summed E-state index contributed by atoms with van der Waals surface area (Å²) in [4.78, 5) is 30.9. The van der Waals surface area contributed by atoms with Crippen LogP contribution in [-0.2, 0) is 6.54 Å². The molecule has 3 rings (SSSR count). The van der Waals surface area contributed by atoms with E-state index in [1.165, 1.54) is 30.5 Å². The lowest BCUT2D eigenvalue weighted by Crippen LogP contribution is -2.35. The standard InChI is InChI=1S/C25H24ClF3N10O2S/c1-13-7-15(10-30)8-17(22(40)34-14(2)12-42-3)20(13)35-23(41)19-9-16(11-33-38-36-24(31)25(27,28)29)37-39(19)21-18(26)5-4-6-32-21/h4-9,14H,11-12H2,1-3H3,(H,34,40)(H,35,41)(H2,31,33,36)/t14-/m0/s1.